The molecule has 2 aromatic heterocycles. The van der Waals surface area contributed by atoms with E-state index in [1.54, 1.807) is 37.3 Å². The highest BCUT2D eigenvalue weighted by Gasteiger charge is 2.15. The van der Waals surface area contributed by atoms with Gasteiger partial charge in [0.05, 0.1) is 29.1 Å². The van der Waals surface area contributed by atoms with Gasteiger partial charge in [0.2, 0.25) is 0 Å². The van der Waals surface area contributed by atoms with Gasteiger partial charge in [-0.05, 0) is 49.4 Å². The molecular formula is C23H18ClN3O6. The summed E-state index contributed by atoms with van der Waals surface area (Å²) in [5, 5.41) is 2.93. The van der Waals surface area contributed by atoms with Crippen LogP contribution in [0.4, 0.5) is 5.69 Å². The lowest BCUT2D eigenvalue weighted by atomic mass is 10.1. The molecule has 168 valence electrons. The number of anilines is 1. The van der Waals surface area contributed by atoms with Crippen LogP contribution >= 0.6 is 11.6 Å². The molecule has 0 saturated carbocycles. The van der Waals surface area contributed by atoms with Crippen LogP contribution in [0.5, 0.6) is 5.75 Å². The summed E-state index contributed by atoms with van der Waals surface area (Å²) in [7, 11) is 1.53. The van der Waals surface area contributed by atoms with Crippen LogP contribution in [0.25, 0.3) is 5.65 Å². The number of aromatic nitrogens is 2. The van der Waals surface area contributed by atoms with Crippen LogP contribution in [-0.2, 0) is 11.3 Å². The number of aryl methyl sites for hydroxylation is 1. The van der Waals surface area contributed by atoms with Gasteiger partial charge >= 0.3 is 5.97 Å². The fourth-order valence-electron chi connectivity index (χ4n) is 3.06. The van der Waals surface area contributed by atoms with E-state index in [0.717, 1.165) is 4.57 Å². The Bertz CT molecular complexity index is 1410. The minimum atomic E-state index is -0.669. The quantitative estimate of drug-likeness (QED) is 0.428. The fourth-order valence-corrected chi connectivity index (χ4v) is 3.22. The average Bonchev–Trinajstić information content (AvgIpc) is 3.19. The average molecular weight is 468 g/mol. The molecule has 0 bridgehead atoms. The molecule has 0 spiro atoms. The Kier molecular flexibility index (Phi) is 6.14. The van der Waals surface area contributed by atoms with Crippen molar-refractivity contribution in [3.63, 3.8) is 0 Å². The van der Waals surface area contributed by atoms with Crippen molar-refractivity contribution in [2.75, 3.05) is 12.4 Å². The van der Waals surface area contributed by atoms with Crippen molar-refractivity contribution in [2.24, 2.45) is 0 Å². The molecule has 0 unspecified atom stereocenters. The molecule has 0 atom stereocenters. The molecule has 0 aliphatic carbocycles. The molecule has 10 heteroatoms. The summed E-state index contributed by atoms with van der Waals surface area (Å²) in [5.41, 5.74) is 0.980. The van der Waals surface area contributed by atoms with Gasteiger partial charge in [-0.1, -0.05) is 11.6 Å². The Morgan fingerprint density at radius 2 is 1.82 bits per heavy atom. The molecule has 2 heterocycles. The van der Waals surface area contributed by atoms with Gasteiger partial charge in [-0.2, -0.15) is 0 Å². The van der Waals surface area contributed by atoms with Crippen LogP contribution in [0.1, 0.15) is 32.2 Å². The van der Waals surface area contributed by atoms with Crippen molar-refractivity contribution in [2.45, 2.75) is 13.5 Å². The molecule has 2 aromatic carbocycles. The van der Waals surface area contributed by atoms with E-state index in [2.05, 4.69) is 10.3 Å². The van der Waals surface area contributed by atoms with E-state index >= 15 is 0 Å². The molecule has 33 heavy (non-hydrogen) atoms. The van der Waals surface area contributed by atoms with Crippen LogP contribution in [0.2, 0.25) is 5.02 Å². The molecule has 4 aromatic rings. The number of ether oxygens (including phenoxy) is 2. The Morgan fingerprint density at radius 3 is 2.55 bits per heavy atom. The number of amides is 1. The van der Waals surface area contributed by atoms with Crippen molar-refractivity contribution in [1.82, 2.24) is 9.56 Å². The number of nitrogens with one attached hydrogen (secondary N) is 1. The number of halogens is 1. The third-order valence-corrected chi connectivity index (χ3v) is 5.01. The maximum Gasteiger partial charge on any atom is 0.338 e. The molecule has 0 aliphatic rings. The topological polar surface area (TPSA) is 112 Å². The first-order chi connectivity index (χ1) is 15.8. The van der Waals surface area contributed by atoms with Gasteiger partial charge in [0, 0.05) is 17.7 Å². The molecule has 1 amide bonds. The summed E-state index contributed by atoms with van der Waals surface area (Å²) in [5.74, 6) is 0.0723. The highest BCUT2D eigenvalue weighted by molar-refractivity contribution is 6.34. The zero-order valence-corrected chi connectivity index (χ0v) is 18.4. The standard InChI is InChI=1S/C23H18ClN3O6/c1-13-9-20-25-16(11-21(28)27(20)33-13)12-32-23(30)15-5-8-18(24)19(10-15)26-22(29)14-3-6-17(31-2)7-4-14/h3-11H,12H2,1-2H3,(H,26,29). The summed E-state index contributed by atoms with van der Waals surface area (Å²) >= 11 is 6.19. The molecule has 9 nitrogen and oxygen atoms in total. The van der Waals surface area contributed by atoms with E-state index in [9.17, 15) is 14.4 Å². The van der Waals surface area contributed by atoms with E-state index in [4.69, 9.17) is 25.6 Å². The zero-order chi connectivity index (χ0) is 23.5. The van der Waals surface area contributed by atoms with E-state index in [1.807, 2.05) is 0 Å². The lowest BCUT2D eigenvalue weighted by Gasteiger charge is -2.10. The number of fused-ring (bicyclic) bond motifs is 1. The normalized spacial score (nSPS) is 10.8. The summed E-state index contributed by atoms with van der Waals surface area (Å²) in [6, 6.07) is 13.7. The van der Waals surface area contributed by atoms with Crippen molar-refractivity contribution in [3.8, 4) is 5.75 Å². The first-order valence-electron chi connectivity index (χ1n) is 9.76. The van der Waals surface area contributed by atoms with Crippen LogP contribution in [0, 0.1) is 6.92 Å². The smallest absolute Gasteiger partial charge is 0.338 e. The minimum Gasteiger partial charge on any atom is -0.497 e. The number of methoxy groups -OCH3 is 1. The summed E-state index contributed by atoms with van der Waals surface area (Å²) in [6.45, 7) is 1.48. The number of hydrogen-bond donors (Lipinski definition) is 1. The number of esters is 1. The minimum absolute atomic E-state index is 0.168. The van der Waals surface area contributed by atoms with Crippen LogP contribution in [0.15, 0.2) is 63.9 Å². The zero-order valence-electron chi connectivity index (χ0n) is 17.6. The Labute approximate surface area is 192 Å². The third kappa shape index (κ3) is 4.88. The number of hydrogen-bond acceptors (Lipinski definition) is 7. The Hall–Kier alpha value is -4.11. The van der Waals surface area contributed by atoms with Crippen molar-refractivity contribution in [1.29, 1.82) is 0 Å². The highest BCUT2D eigenvalue weighted by atomic mass is 35.5. The van der Waals surface area contributed by atoms with Gasteiger partial charge < -0.3 is 19.3 Å². The highest BCUT2D eigenvalue weighted by Crippen LogP contribution is 2.25. The second-order valence-corrected chi connectivity index (χ2v) is 7.45. The summed E-state index contributed by atoms with van der Waals surface area (Å²) in [4.78, 5) is 41.4. The van der Waals surface area contributed by atoms with Gasteiger partial charge in [-0.15, -0.1) is 4.57 Å². The number of rotatable bonds is 6. The number of carbonyl (C=O) groups is 2. The number of carbonyl (C=O) groups excluding carboxylic acids is 2. The number of nitrogens with zero attached hydrogens (tertiary/aromatic N) is 2. The molecule has 1 N–H and O–H groups in total. The van der Waals surface area contributed by atoms with Gasteiger partial charge in [-0.3, -0.25) is 9.59 Å². The van der Waals surface area contributed by atoms with E-state index in [-0.39, 0.29) is 28.6 Å². The molecule has 0 saturated heterocycles. The molecular weight excluding hydrogens is 450 g/mol. The molecule has 4 rings (SSSR count). The number of benzene rings is 2. The van der Waals surface area contributed by atoms with Crippen molar-refractivity contribution < 1.29 is 23.6 Å². The lowest BCUT2D eigenvalue weighted by molar-refractivity contribution is 0.0467. The third-order valence-electron chi connectivity index (χ3n) is 4.68. The predicted octanol–water partition coefficient (Wildman–Crippen LogP) is 3.87. The lowest BCUT2D eigenvalue weighted by Crippen LogP contribution is -2.15. The van der Waals surface area contributed by atoms with Gasteiger partial charge in [-0.25, -0.2) is 9.78 Å². The Morgan fingerprint density at radius 1 is 1.09 bits per heavy atom. The first-order valence-corrected chi connectivity index (χ1v) is 10.1. The van der Waals surface area contributed by atoms with Gasteiger partial charge in [0.25, 0.3) is 11.5 Å². The maximum atomic E-state index is 12.5. The van der Waals surface area contributed by atoms with E-state index in [0.29, 0.717) is 22.7 Å². The van der Waals surface area contributed by atoms with Crippen LogP contribution in [-0.4, -0.2) is 28.5 Å². The maximum absolute atomic E-state index is 12.5. The second kappa shape index (κ2) is 9.17. The van der Waals surface area contributed by atoms with E-state index in [1.165, 1.54) is 31.4 Å². The molecule has 0 radical (unpaired) electrons. The summed E-state index contributed by atoms with van der Waals surface area (Å²) in [6.07, 6.45) is 0. The van der Waals surface area contributed by atoms with Crippen LogP contribution in [0.3, 0.4) is 0 Å². The predicted molar refractivity (Wildman–Crippen MR) is 120 cm³/mol. The fraction of sp³-hybridized carbons (Fsp3) is 0.130. The Balaban J connectivity index is 1.46. The van der Waals surface area contributed by atoms with Crippen molar-refractivity contribution in [3.05, 3.63) is 92.6 Å². The second-order valence-electron chi connectivity index (χ2n) is 7.04. The summed E-state index contributed by atoms with van der Waals surface area (Å²) < 4.78 is 16.6. The van der Waals surface area contributed by atoms with Gasteiger partial charge in [0.15, 0.2) is 5.65 Å². The largest absolute Gasteiger partial charge is 0.497 e. The van der Waals surface area contributed by atoms with Gasteiger partial charge in [0.1, 0.15) is 18.1 Å². The van der Waals surface area contributed by atoms with Crippen LogP contribution < -0.4 is 15.6 Å². The van der Waals surface area contributed by atoms with Crippen molar-refractivity contribution >= 4 is 34.8 Å². The SMILES string of the molecule is COc1ccc(C(=O)Nc2cc(C(=O)OCc3cc(=O)n4oc(C)cc4n3)ccc2Cl)cc1. The first kappa shape index (κ1) is 22.1. The molecule has 0 fully saturated rings. The molecule has 0 aliphatic heterocycles. The monoisotopic (exact) mass is 467 g/mol. The van der Waals surface area contributed by atoms with E-state index < -0.39 is 17.4 Å².